The van der Waals surface area contributed by atoms with Gasteiger partial charge >= 0.3 is 6.18 Å². The first-order valence-electron chi connectivity index (χ1n) is 9.43. The molecule has 1 saturated heterocycles. The van der Waals surface area contributed by atoms with Crippen LogP contribution in [0.5, 0.6) is 0 Å². The van der Waals surface area contributed by atoms with E-state index in [1.165, 1.54) is 11.8 Å². The van der Waals surface area contributed by atoms with Crippen molar-refractivity contribution in [2.24, 2.45) is 0 Å². The molecule has 3 rings (SSSR count). The maximum Gasteiger partial charge on any atom is 0.417 e. The van der Waals surface area contributed by atoms with Crippen molar-refractivity contribution in [3.8, 4) is 0 Å². The highest BCUT2D eigenvalue weighted by Gasteiger charge is 2.36. The number of anilines is 1. The van der Waals surface area contributed by atoms with E-state index in [0.717, 1.165) is 16.4 Å². The maximum absolute atomic E-state index is 13.1. The number of hydrogen-bond acceptors (Lipinski definition) is 4. The van der Waals surface area contributed by atoms with Gasteiger partial charge < -0.3 is 10.2 Å². The van der Waals surface area contributed by atoms with Crippen LogP contribution in [0, 0.1) is 0 Å². The Morgan fingerprint density at radius 3 is 2.12 bits per heavy atom. The van der Waals surface area contributed by atoms with Crippen molar-refractivity contribution in [2.75, 3.05) is 31.5 Å². The van der Waals surface area contributed by atoms with E-state index in [1.807, 2.05) is 0 Å². The van der Waals surface area contributed by atoms with Crippen molar-refractivity contribution >= 4 is 39.1 Å². The topological polar surface area (TPSA) is 86.8 Å². The van der Waals surface area contributed by atoms with Crippen LogP contribution >= 0.6 is 11.6 Å². The fourth-order valence-electron chi connectivity index (χ4n) is 3.24. The SMILES string of the molecule is CC(=O)Nc1ccc(C(=O)N2CCN(S(=O)(=O)c3ccc(Cl)c(C(F)(F)F)c3)CC2)cc1. The van der Waals surface area contributed by atoms with E-state index in [-0.39, 0.29) is 38.0 Å². The number of hydrogen-bond donors (Lipinski definition) is 1. The molecule has 1 aliphatic rings. The Kier molecular flexibility index (Phi) is 6.82. The number of carbonyl (C=O) groups excluding carboxylic acids is 2. The standard InChI is InChI=1S/C20H19ClF3N3O4S/c1-13(28)25-15-4-2-14(3-5-15)19(29)26-8-10-27(11-9-26)32(30,31)16-6-7-18(21)17(12-16)20(22,23)24/h2-7,12H,8-11H2,1H3,(H,25,28). The van der Waals surface area contributed by atoms with Gasteiger partial charge in [-0.3, -0.25) is 9.59 Å². The number of sulfonamides is 1. The van der Waals surface area contributed by atoms with Gasteiger partial charge in [0.05, 0.1) is 15.5 Å². The Hall–Kier alpha value is -2.63. The number of rotatable bonds is 4. The lowest BCUT2D eigenvalue weighted by Crippen LogP contribution is -2.50. The summed E-state index contributed by atoms with van der Waals surface area (Å²) >= 11 is 5.57. The first kappa shape index (κ1) is 24.0. The highest BCUT2D eigenvalue weighted by atomic mass is 35.5. The molecule has 2 amide bonds. The molecule has 12 heteroatoms. The van der Waals surface area contributed by atoms with Gasteiger partial charge in [0, 0.05) is 44.4 Å². The third kappa shape index (κ3) is 5.22. The molecule has 32 heavy (non-hydrogen) atoms. The third-order valence-corrected chi connectivity index (χ3v) is 7.08. The van der Waals surface area contributed by atoms with Gasteiger partial charge in [-0.2, -0.15) is 17.5 Å². The summed E-state index contributed by atoms with van der Waals surface area (Å²) in [6.45, 7) is 1.38. The van der Waals surface area contributed by atoms with Crippen LogP contribution in [0.2, 0.25) is 5.02 Å². The maximum atomic E-state index is 13.1. The minimum absolute atomic E-state index is 0.0674. The fourth-order valence-corrected chi connectivity index (χ4v) is 4.92. The Balaban J connectivity index is 1.70. The summed E-state index contributed by atoms with van der Waals surface area (Å²) in [7, 11) is -4.20. The lowest BCUT2D eigenvalue weighted by atomic mass is 10.1. The van der Waals surface area contributed by atoms with E-state index >= 15 is 0 Å². The predicted octanol–water partition coefficient (Wildman–Crippen LogP) is 3.46. The second-order valence-electron chi connectivity index (χ2n) is 7.09. The number of benzene rings is 2. The first-order chi connectivity index (χ1) is 14.9. The molecule has 2 aromatic rings. The number of halogens is 4. The molecular formula is C20H19ClF3N3O4S. The molecule has 1 fully saturated rings. The summed E-state index contributed by atoms with van der Waals surface area (Å²) in [5.74, 6) is -0.563. The largest absolute Gasteiger partial charge is 0.417 e. The van der Waals surface area contributed by atoms with Crippen molar-refractivity contribution in [1.29, 1.82) is 0 Å². The van der Waals surface area contributed by atoms with Gasteiger partial charge in [0.2, 0.25) is 15.9 Å². The molecule has 0 aromatic heterocycles. The number of nitrogens with zero attached hydrogens (tertiary/aromatic N) is 2. The summed E-state index contributed by atoms with van der Waals surface area (Å²) in [6.07, 6.45) is -4.79. The molecule has 2 aromatic carbocycles. The minimum Gasteiger partial charge on any atom is -0.336 e. The monoisotopic (exact) mass is 489 g/mol. The molecule has 0 atom stereocenters. The van der Waals surface area contributed by atoms with Gasteiger partial charge in [-0.25, -0.2) is 8.42 Å². The van der Waals surface area contributed by atoms with E-state index in [1.54, 1.807) is 24.3 Å². The van der Waals surface area contributed by atoms with Crippen molar-refractivity contribution in [3.63, 3.8) is 0 Å². The van der Waals surface area contributed by atoms with Crippen molar-refractivity contribution in [1.82, 2.24) is 9.21 Å². The summed E-state index contributed by atoms with van der Waals surface area (Å²) in [6, 6.07) is 8.70. The minimum atomic E-state index is -4.79. The number of nitrogens with one attached hydrogen (secondary N) is 1. The van der Waals surface area contributed by atoms with E-state index in [9.17, 15) is 31.2 Å². The van der Waals surface area contributed by atoms with Crippen LogP contribution in [0.1, 0.15) is 22.8 Å². The summed E-state index contributed by atoms with van der Waals surface area (Å²) in [5.41, 5.74) is -0.328. The van der Waals surface area contributed by atoms with Crippen LogP contribution < -0.4 is 5.32 Å². The molecular weight excluding hydrogens is 471 g/mol. The van der Waals surface area contributed by atoms with Gasteiger partial charge in [0.1, 0.15) is 0 Å². The zero-order chi connectivity index (χ0) is 23.7. The zero-order valence-corrected chi connectivity index (χ0v) is 18.4. The zero-order valence-electron chi connectivity index (χ0n) is 16.8. The van der Waals surface area contributed by atoms with Crippen molar-refractivity contribution in [3.05, 3.63) is 58.6 Å². The molecule has 0 saturated carbocycles. The van der Waals surface area contributed by atoms with Gasteiger partial charge in [-0.15, -0.1) is 0 Å². The second-order valence-corrected chi connectivity index (χ2v) is 9.44. The lowest BCUT2D eigenvalue weighted by Gasteiger charge is -2.34. The Morgan fingerprint density at radius 2 is 1.59 bits per heavy atom. The highest BCUT2D eigenvalue weighted by molar-refractivity contribution is 7.89. The highest BCUT2D eigenvalue weighted by Crippen LogP contribution is 2.36. The molecule has 0 unspecified atom stereocenters. The average Bonchev–Trinajstić information content (AvgIpc) is 2.73. The van der Waals surface area contributed by atoms with E-state index in [0.29, 0.717) is 17.3 Å². The summed E-state index contributed by atoms with van der Waals surface area (Å²) in [4.78, 5) is 24.7. The third-order valence-electron chi connectivity index (χ3n) is 4.86. The fraction of sp³-hybridized carbons (Fsp3) is 0.300. The number of piperazine rings is 1. The number of amides is 2. The van der Waals surface area contributed by atoms with Crippen LogP contribution in [0.4, 0.5) is 18.9 Å². The van der Waals surface area contributed by atoms with Gasteiger partial charge in [0.25, 0.3) is 5.91 Å². The van der Waals surface area contributed by atoms with Gasteiger partial charge in [-0.05, 0) is 42.5 Å². The molecule has 0 aliphatic carbocycles. The van der Waals surface area contributed by atoms with Crippen LogP contribution in [-0.4, -0.2) is 55.6 Å². The van der Waals surface area contributed by atoms with E-state index in [4.69, 9.17) is 11.6 Å². The molecule has 0 bridgehead atoms. The van der Waals surface area contributed by atoms with Gasteiger partial charge in [-0.1, -0.05) is 11.6 Å². The molecule has 0 spiro atoms. The predicted molar refractivity (Wildman–Crippen MR) is 112 cm³/mol. The van der Waals surface area contributed by atoms with Crippen LogP contribution in [0.15, 0.2) is 47.4 Å². The average molecular weight is 490 g/mol. The number of carbonyl (C=O) groups is 2. The van der Waals surface area contributed by atoms with Gasteiger partial charge in [0.15, 0.2) is 0 Å². The Labute approximate surface area is 187 Å². The number of alkyl halides is 3. The first-order valence-corrected chi connectivity index (χ1v) is 11.3. The molecule has 1 aliphatic heterocycles. The lowest BCUT2D eigenvalue weighted by molar-refractivity contribution is -0.137. The van der Waals surface area contributed by atoms with Crippen molar-refractivity contribution in [2.45, 2.75) is 18.0 Å². The Bertz CT molecular complexity index is 1130. The molecule has 1 heterocycles. The molecule has 172 valence electrons. The molecule has 1 N–H and O–H groups in total. The van der Waals surface area contributed by atoms with E-state index in [2.05, 4.69) is 5.32 Å². The summed E-state index contributed by atoms with van der Waals surface area (Å²) in [5, 5.41) is 2.00. The second kappa shape index (κ2) is 9.08. The quantitative estimate of drug-likeness (QED) is 0.712. The Morgan fingerprint density at radius 1 is 1.00 bits per heavy atom. The van der Waals surface area contributed by atoms with E-state index < -0.39 is 31.7 Å². The van der Waals surface area contributed by atoms with Crippen LogP contribution in [0.25, 0.3) is 0 Å². The normalized spacial score (nSPS) is 15.5. The smallest absolute Gasteiger partial charge is 0.336 e. The van der Waals surface area contributed by atoms with Crippen LogP contribution in [-0.2, 0) is 21.0 Å². The van der Waals surface area contributed by atoms with Crippen molar-refractivity contribution < 1.29 is 31.2 Å². The summed E-state index contributed by atoms with van der Waals surface area (Å²) < 4.78 is 66.0. The van der Waals surface area contributed by atoms with Crippen LogP contribution in [0.3, 0.4) is 0 Å². The molecule has 0 radical (unpaired) electrons. The molecule has 7 nitrogen and oxygen atoms in total.